The van der Waals surface area contributed by atoms with Gasteiger partial charge in [-0.15, -0.1) is 0 Å². The lowest BCUT2D eigenvalue weighted by Gasteiger charge is -2.21. The molecule has 122 valence electrons. The first-order chi connectivity index (χ1) is 10.4. The average Bonchev–Trinajstić information content (AvgIpc) is 2.51. The van der Waals surface area contributed by atoms with E-state index in [0.717, 1.165) is 5.69 Å². The van der Waals surface area contributed by atoms with Crippen LogP contribution in [-0.2, 0) is 14.3 Å². The van der Waals surface area contributed by atoms with Crippen molar-refractivity contribution in [3.8, 4) is 5.75 Å². The van der Waals surface area contributed by atoms with Gasteiger partial charge in [-0.1, -0.05) is 6.07 Å². The highest BCUT2D eigenvalue weighted by Gasteiger charge is 2.25. The summed E-state index contributed by atoms with van der Waals surface area (Å²) < 4.78 is 14.9. The maximum atomic E-state index is 12.1. The monoisotopic (exact) mass is 310 g/mol. The number of nitrogens with one attached hydrogen (secondary N) is 1. The normalized spacial score (nSPS) is 11.3. The zero-order valence-corrected chi connectivity index (χ0v) is 13.5. The van der Waals surface area contributed by atoms with Crippen LogP contribution in [-0.4, -0.2) is 47.0 Å². The summed E-state index contributed by atoms with van der Waals surface area (Å²) in [6.45, 7) is 1.91. The van der Waals surface area contributed by atoms with Crippen LogP contribution in [0.1, 0.15) is 18.5 Å². The molecule has 0 fully saturated rings. The molecular formula is C15H22N2O5. The van der Waals surface area contributed by atoms with E-state index in [1.54, 1.807) is 32.2 Å². The van der Waals surface area contributed by atoms with Gasteiger partial charge in [0.25, 0.3) is 0 Å². The van der Waals surface area contributed by atoms with Crippen molar-refractivity contribution in [2.45, 2.75) is 13.0 Å². The predicted molar refractivity (Wildman–Crippen MR) is 82.2 cm³/mol. The molecule has 0 saturated heterocycles. The first-order valence-corrected chi connectivity index (χ1v) is 6.80. The summed E-state index contributed by atoms with van der Waals surface area (Å²) >= 11 is 0. The van der Waals surface area contributed by atoms with Gasteiger partial charge in [-0.25, -0.2) is 9.59 Å². The second kappa shape index (κ2) is 8.11. The third-order valence-corrected chi connectivity index (χ3v) is 2.99. The van der Waals surface area contributed by atoms with Crippen molar-refractivity contribution in [1.82, 2.24) is 5.32 Å². The van der Waals surface area contributed by atoms with Crippen molar-refractivity contribution in [3.63, 3.8) is 0 Å². The molecule has 1 unspecified atom stereocenters. The molecule has 1 rings (SSSR count). The van der Waals surface area contributed by atoms with E-state index in [1.807, 2.05) is 19.0 Å². The summed E-state index contributed by atoms with van der Waals surface area (Å²) in [6, 6.07) is 4.26. The van der Waals surface area contributed by atoms with E-state index in [1.165, 1.54) is 7.11 Å². The number of anilines is 1. The summed E-state index contributed by atoms with van der Waals surface area (Å²) in [6.07, 6.45) is -0.714. The first-order valence-electron chi connectivity index (χ1n) is 6.80. The zero-order chi connectivity index (χ0) is 16.7. The number of carbonyl (C=O) groups is 2. The fraction of sp³-hybridized carbons (Fsp3) is 0.467. The highest BCUT2D eigenvalue weighted by Crippen LogP contribution is 2.30. The Hall–Kier alpha value is -2.44. The first kappa shape index (κ1) is 17.6. The lowest BCUT2D eigenvalue weighted by atomic mass is 10.1. The van der Waals surface area contributed by atoms with Crippen LogP contribution >= 0.6 is 0 Å². The Morgan fingerprint density at radius 2 is 1.95 bits per heavy atom. The molecule has 1 aromatic rings. The smallest absolute Gasteiger partial charge is 0.407 e. The van der Waals surface area contributed by atoms with E-state index in [0.29, 0.717) is 11.3 Å². The standard InChI is InChI=1S/C15H22N2O5/c1-6-22-14(18)13(16-15(19)21-5)10-7-8-11(17(2)3)12(9-10)20-4/h7-9,13H,6H2,1-5H3,(H,16,19). The molecule has 0 saturated carbocycles. The van der Waals surface area contributed by atoms with Crippen LogP contribution in [0.2, 0.25) is 0 Å². The topological polar surface area (TPSA) is 77.1 Å². The van der Waals surface area contributed by atoms with Gasteiger partial charge in [0.1, 0.15) is 5.75 Å². The molecule has 0 heterocycles. The maximum absolute atomic E-state index is 12.1. The summed E-state index contributed by atoms with van der Waals surface area (Å²) in [5.74, 6) is 0.0241. The molecule has 0 radical (unpaired) electrons. The lowest BCUT2D eigenvalue weighted by molar-refractivity contribution is -0.145. The van der Waals surface area contributed by atoms with Gasteiger partial charge in [-0.2, -0.15) is 0 Å². The zero-order valence-electron chi connectivity index (χ0n) is 13.5. The van der Waals surface area contributed by atoms with Gasteiger partial charge in [-0.3, -0.25) is 0 Å². The Balaban J connectivity index is 3.18. The number of ether oxygens (including phenoxy) is 3. The van der Waals surface area contributed by atoms with Gasteiger partial charge in [-0.05, 0) is 24.6 Å². The molecule has 1 aromatic carbocycles. The second-order valence-corrected chi connectivity index (χ2v) is 4.65. The van der Waals surface area contributed by atoms with E-state index >= 15 is 0 Å². The number of alkyl carbamates (subject to hydrolysis) is 1. The van der Waals surface area contributed by atoms with Crippen LogP contribution in [0.15, 0.2) is 18.2 Å². The molecule has 7 nitrogen and oxygen atoms in total. The SMILES string of the molecule is CCOC(=O)C(NC(=O)OC)c1ccc(N(C)C)c(OC)c1. The van der Waals surface area contributed by atoms with E-state index in [9.17, 15) is 9.59 Å². The number of methoxy groups -OCH3 is 2. The summed E-state index contributed by atoms with van der Waals surface area (Å²) in [5.41, 5.74) is 1.40. The number of rotatable bonds is 6. The van der Waals surface area contributed by atoms with Gasteiger partial charge in [0.2, 0.25) is 0 Å². The second-order valence-electron chi connectivity index (χ2n) is 4.65. The number of hydrogen-bond donors (Lipinski definition) is 1. The van der Waals surface area contributed by atoms with Gasteiger partial charge < -0.3 is 24.4 Å². The van der Waals surface area contributed by atoms with Crippen molar-refractivity contribution in [2.75, 3.05) is 39.8 Å². The predicted octanol–water partition coefficient (Wildman–Crippen LogP) is 1.72. The molecule has 1 atom stereocenters. The van der Waals surface area contributed by atoms with Crippen molar-refractivity contribution in [1.29, 1.82) is 0 Å². The van der Waals surface area contributed by atoms with Crippen LogP contribution in [0.25, 0.3) is 0 Å². The molecule has 0 aliphatic heterocycles. The number of amides is 1. The number of nitrogens with zero attached hydrogens (tertiary/aromatic N) is 1. The van der Waals surface area contributed by atoms with Gasteiger partial charge in [0.05, 0.1) is 26.5 Å². The Kier molecular flexibility index (Phi) is 6.49. The number of carbonyl (C=O) groups excluding carboxylic acids is 2. The summed E-state index contributed by atoms with van der Waals surface area (Å²) in [7, 11) is 6.53. The minimum atomic E-state index is -0.961. The molecule has 0 aliphatic rings. The van der Waals surface area contributed by atoms with Crippen molar-refractivity contribution >= 4 is 17.7 Å². The van der Waals surface area contributed by atoms with Gasteiger partial charge in [0, 0.05) is 14.1 Å². The molecule has 1 amide bonds. The molecule has 0 aromatic heterocycles. The molecular weight excluding hydrogens is 288 g/mol. The van der Waals surface area contributed by atoms with Crippen LogP contribution < -0.4 is 15.0 Å². The molecule has 7 heteroatoms. The van der Waals surface area contributed by atoms with Crippen LogP contribution in [0.4, 0.5) is 10.5 Å². The fourth-order valence-corrected chi connectivity index (χ4v) is 1.92. The van der Waals surface area contributed by atoms with Crippen molar-refractivity contribution in [2.24, 2.45) is 0 Å². The molecule has 22 heavy (non-hydrogen) atoms. The van der Waals surface area contributed by atoms with E-state index in [4.69, 9.17) is 9.47 Å². The van der Waals surface area contributed by atoms with E-state index < -0.39 is 18.1 Å². The Morgan fingerprint density at radius 1 is 1.27 bits per heavy atom. The maximum Gasteiger partial charge on any atom is 0.407 e. The molecule has 1 N–H and O–H groups in total. The number of esters is 1. The third-order valence-electron chi connectivity index (χ3n) is 2.99. The van der Waals surface area contributed by atoms with Crippen molar-refractivity contribution < 1.29 is 23.8 Å². The van der Waals surface area contributed by atoms with Crippen LogP contribution in [0.3, 0.4) is 0 Å². The molecule has 0 bridgehead atoms. The quantitative estimate of drug-likeness (QED) is 0.806. The minimum Gasteiger partial charge on any atom is -0.495 e. The van der Waals surface area contributed by atoms with E-state index in [2.05, 4.69) is 10.1 Å². The highest BCUT2D eigenvalue weighted by atomic mass is 16.5. The third kappa shape index (κ3) is 4.28. The van der Waals surface area contributed by atoms with Crippen LogP contribution in [0, 0.1) is 0 Å². The highest BCUT2D eigenvalue weighted by molar-refractivity contribution is 5.83. The largest absolute Gasteiger partial charge is 0.495 e. The number of hydrogen-bond acceptors (Lipinski definition) is 6. The van der Waals surface area contributed by atoms with Gasteiger partial charge >= 0.3 is 12.1 Å². The Labute approximate surface area is 130 Å². The minimum absolute atomic E-state index is 0.213. The molecule has 0 spiro atoms. The average molecular weight is 310 g/mol. The molecule has 0 aliphatic carbocycles. The fourth-order valence-electron chi connectivity index (χ4n) is 1.92. The Morgan fingerprint density at radius 3 is 2.45 bits per heavy atom. The van der Waals surface area contributed by atoms with E-state index in [-0.39, 0.29) is 6.61 Å². The lowest BCUT2D eigenvalue weighted by Crippen LogP contribution is -2.34. The Bertz CT molecular complexity index is 531. The van der Waals surface area contributed by atoms with Crippen LogP contribution in [0.5, 0.6) is 5.75 Å². The summed E-state index contributed by atoms with van der Waals surface area (Å²) in [5, 5.41) is 2.46. The van der Waals surface area contributed by atoms with Gasteiger partial charge in [0.15, 0.2) is 6.04 Å². The summed E-state index contributed by atoms with van der Waals surface area (Å²) in [4.78, 5) is 25.4. The van der Waals surface area contributed by atoms with Crippen molar-refractivity contribution in [3.05, 3.63) is 23.8 Å². The number of benzene rings is 1.